The van der Waals surface area contributed by atoms with Gasteiger partial charge in [0.1, 0.15) is 0 Å². The van der Waals surface area contributed by atoms with Crippen molar-refractivity contribution in [1.82, 2.24) is 20.4 Å². The molecule has 3 aliphatic rings. The zero-order valence-corrected chi connectivity index (χ0v) is 13.4. The Hall–Kier alpha value is -1.30. The normalized spacial score (nSPS) is 27.0. The van der Waals surface area contributed by atoms with Crippen LogP contribution in [0.4, 0.5) is 4.79 Å². The van der Waals surface area contributed by atoms with Crippen LogP contribution in [0.25, 0.3) is 0 Å². The maximum absolute atomic E-state index is 12.5. The number of carbonyl (C=O) groups excluding carboxylic acids is 2. The van der Waals surface area contributed by atoms with E-state index in [2.05, 4.69) is 10.6 Å². The Labute approximate surface area is 132 Å². The first-order valence-electron chi connectivity index (χ1n) is 8.79. The number of urea groups is 1. The summed E-state index contributed by atoms with van der Waals surface area (Å²) in [5, 5.41) is 6.50. The van der Waals surface area contributed by atoms with Crippen LogP contribution in [0.2, 0.25) is 0 Å². The first-order valence-corrected chi connectivity index (χ1v) is 8.79. The minimum absolute atomic E-state index is 0.0322. The topological polar surface area (TPSA) is 64.7 Å². The molecule has 6 nitrogen and oxygen atoms in total. The number of nitrogens with zero attached hydrogens (tertiary/aromatic N) is 2. The van der Waals surface area contributed by atoms with E-state index in [0.717, 1.165) is 71.2 Å². The number of carbonyl (C=O) groups is 2. The summed E-state index contributed by atoms with van der Waals surface area (Å²) in [6, 6.07) is 0.440. The molecule has 3 saturated heterocycles. The van der Waals surface area contributed by atoms with Crippen molar-refractivity contribution >= 4 is 11.9 Å². The monoisotopic (exact) mass is 308 g/mol. The lowest BCUT2D eigenvalue weighted by molar-refractivity contribution is -0.127. The molecular formula is C16H28N4O2. The van der Waals surface area contributed by atoms with Gasteiger partial charge in [0.15, 0.2) is 0 Å². The number of hydrogen-bond acceptors (Lipinski definition) is 3. The van der Waals surface area contributed by atoms with Gasteiger partial charge >= 0.3 is 6.03 Å². The summed E-state index contributed by atoms with van der Waals surface area (Å²) in [4.78, 5) is 28.8. The molecule has 0 saturated carbocycles. The lowest BCUT2D eigenvalue weighted by atomic mass is 9.96. The van der Waals surface area contributed by atoms with Gasteiger partial charge in [0.25, 0.3) is 0 Å². The van der Waals surface area contributed by atoms with Crippen molar-refractivity contribution in [2.75, 3.05) is 39.3 Å². The summed E-state index contributed by atoms with van der Waals surface area (Å²) in [6.07, 6.45) is 6.08. The Morgan fingerprint density at radius 3 is 2.32 bits per heavy atom. The van der Waals surface area contributed by atoms with Crippen molar-refractivity contribution in [3.8, 4) is 0 Å². The van der Waals surface area contributed by atoms with Crippen molar-refractivity contribution in [3.05, 3.63) is 0 Å². The molecule has 0 aromatic carbocycles. The van der Waals surface area contributed by atoms with E-state index in [9.17, 15) is 9.59 Å². The molecule has 3 aliphatic heterocycles. The third kappa shape index (κ3) is 3.72. The highest BCUT2D eigenvalue weighted by atomic mass is 16.2. The molecule has 2 N–H and O–H groups in total. The molecule has 0 spiro atoms. The Morgan fingerprint density at radius 1 is 0.909 bits per heavy atom. The van der Waals surface area contributed by atoms with Crippen LogP contribution in [-0.2, 0) is 4.79 Å². The van der Waals surface area contributed by atoms with E-state index >= 15 is 0 Å². The predicted octanol–water partition coefficient (Wildman–Crippen LogP) is 0.782. The Balaban J connectivity index is 1.50. The summed E-state index contributed by atoms with van der Waals surface area (Å²) in [5.41, 5.74) is 0. The average molecular weight is 308 g/mol. The highest BCUT2D eigenvalue weighted by Gasteiger charge is 2.32. The third-order valence-electron chi connectivity index (χ3n) is 5.12. The Morgan fingerprint density at radius 2 is 1.59 bits per heavy atom. The molecule has 0 radical (unpaired) electrons. The van der Waals surface area contributed by atoms with Crippen molar-refractivity contribution < 1.29 is 9.59 Å². The predicted molar refractivity (Wildman–Crippen MR) is 84.5 cm³/mol. The Kier molecular flexibility index (Phi) is 5.18. The SMILES string of the molecule is O=C(NC1CCNCC1)C1CCCN(C(=O)N2CCCC2)C1. The van der Waals surface area contributed by atoms with Gasteiger partial charge < -0.3 is 20.4 Å². The van der Waals surface area contributed by atoms with Crippen LogP contribution < -0.4 is 10.6 Å². The van der Waals surface area contributed by atoms with Crippen molar-refractivity contribution in [2.45, 2.75) is 44.6 Å². The van der Waals surface area contributed by atoms with E-state index in [1.165, 1.54) is 0 Å². The fraction of sp³-hybridized carbons (Fsp3) is 0.875. The molecule has 3 rings (SSSR count). The summed E-state index contributed by atoms with van der Waals surface area (Å²) < 4.78 is 0. The van der Waals surface area contributed by atoms with Gasteiger partial charge in [-0.3, -0.25) is 4.79 Å². The van der Waals surface area contributed by atoms with Gasteiger partial charge in [-0.15, -0.1) is 0 Å². The van der Waals surface area contributed by atoms with Crippen molar-refractivity contribution in [1.29, 1.82) is 0 Å². The first-order chi connectivity index (χ1) is 10.7. The van der Waals surface area contributed by atoms with Crippen molar-refractivity contribution in [3.63, 3.8) is 0 Å². The molecule has 0 aliphatic carbocycles. The van der Waals surface area contributed by atoms with Crippen LogP contribution in [0.3, 0.4) is 0 Å². The Bertz CT molecular complexity index is 403. The lowest BCUT2D eigenvalue weighted by Gasteiger charge is -2.35. The maximum atomic E-state index is 12.5. The van der Waals surface area contributed by atoms with E-state index in [-0.39, 0.29) is 17.9 Å². The molecule has 1 unspecified atom stereocenters. The van der Waals surface area contributed by atoms with Gasteiger partial charge in [-0.2, -0.15) is 0 Å². The van der Waals surface area contributed by atoms with Gasteiger partial charge in [-0.05, 0) is 51.6 Å². The third-order valence-corrected chi connectivity index (χ3v) is 5.12. The second-order valence-electron chi connectivity index (χ2n) is 6.79. The standard InChI is InChI=1S/C16H28N4O2/c21-15(18-14-5-7-17-8-6-14)13-4-3-11-20(12-13)16(22)19-9-1-2-10-19/h13-14,17H,1-12H2,(H,18,21). The molecule has 22 heavy (non-hydrogen) atoms. The number of nitrogens with one attached hydrogen (secondary N) is 2. The van der Waals surface area contributed by atoms with Crippen LogP contribution in [0, 0.1) is 5.92 Å². The summed E-state index contributed by atoms with van der Waals surface area (Å²) in [5.74, 6) is 0.112. The molecule has 124 valence electrons. The van der Waals surface area contributed by atoms with Gasteiger partial charge in [0.2, 0.25) is 5.91 Å². The molecule has 3 heterocycles. The van der Waals surface area contributed by atoms with Gasteiger partial charge in [-0.1, -0.05) is 0 Å². The highest BCUT2D eigenvalue weighted by molar-refractivity contribution is 5.81. The van der Waals surface area contributed by atoms with Crippen molar-refractivity contribution in [2.24, 2.45) is 5.92 Å². The molecule has 3 fully saturated rings. The summed E-state index contributed by atoms with van der Waals surface area (Å²) in [7, 11) is 0. The number of amides is 3. The number of hydrogen-bond donors (Lipinski definition) is 2. The maximum Gasteiger partial charge on any atom is 0.320 e. The van der Waals surface area contributed by atoms with Crippen LogP contribution in [0.1, 0.15) is 38.5 Å². The minimum atomic E-state index is -0.0322. The van der Waals surface area contributed by atoms with E-state index in [0.29, 0.717) is 12.6 Å². The number of piperidine rings is 2. The molecule has 0 aromatic rings. The minimum Gasteiger partial charge on any atom is -0.353 e. The average Bonchev–Trinajstić information content (AvgIpc) is 3.09. The second-order valence-corrected chi connectivity index (χ2v) is 6.79. The second kappa shape index (κ2) is 7.31. The molecule has 0 bridgehead atoms. The molecule has 0 aromatic heterocycles. The van der Waals surface area contributed by atoms with Crippen LogP contribution >= 0.6 is 0 Å². The number of likely N-dealkylation sites (tertiary alicyclic amines) is 2. The van der Waals surface area contributed by atoms with E-state index in [4.69, 9.17) is 0 Å². The summed E-state index contributed by atoms with van der Waals surface area (Å²) in [6.45, 7) is 5.10. The fourth-order valence-corrected chi connectivity index (χ4v) is 3.76. The summed E-state index contributed by atoms with van der Waals surface area (Å²) >= 11 is 0. The quantitative estimate of drug-likeness (QED) is 0.792. The molecule has 1 atom stereocenters. The van der Waals surface area contributed by atoms with Crippen LogP contribution in [0.15, 0.2) is 0 Å². The highest BCUT2D eigenvalue weighted by Crippen LogP contribution is 2.20. The van der Waals surface area contributed by atoms with E-state index < -0.39 is 0 Å². The zero-order valence-electron chi connectivity index (χ0n) is 13.4. The molecule has 3 amide bonds. The number of rotatable bonds is 2. The molecule has 6 heteroatoms. The molecular weight excluding hydrogens is 280 g/mol. The van der Waals surface area contributed by atoms with Gasteiger partial charge in [0.05, 0.1) is 5.92 Å². The first kappa shape index (κ1) is 15.6. The van der Waals surface area contributed by atoms with Crippen LogP contribution in [0.5, 0.6) is 0 Å². The lowest BCUT2D eigenvalue weighted by Crippen LogP contribution is -2.51. The zero-order chi connectivity index (χ0) is 15.4. The van der Waals surface area contributed by atoms with Gasteiger partial charge in [0, 0.05) is 32.2 Å². The van der Waals surface area contributed by atoms with E-state index in [1.54, 1.807) is 0 Å². The largest absolute Gasteiger partial charge is 0.353 e. The fourth-order valence-electron chi connectivity index (χ4n) is 3.76. The smallest absolute Gasteiger partial charge is 0.320 e. The van der Waals surface area contributed by atoms with Gasteiger partial charge in [-0.25, -0.2) is 4.79 Å². The van der Waals surface area contributed by atoms with Crippen LogP contribution in [-0.4, -0.2) is 67.0 Å². The van der Waals surface area contributed by atoms with E-state index in [1.807, 2.05) is 9.80 Å².